The molecule has 3 aromatic rings. The topological polar surface area (TPSA) is 123 Å². The van der Waals surface area contributed by atoms with Crippen LogP contribution in [0.5, 0.6) is 5.75 Å². The van der Waals surface area contributed by atoms with Crippen LogP contribution in [0, 0.1) is 11.7 Å². The van der Waals surface area contributed by atoms with Gasteiger partial charge >= 0.3 is 18.2 Å². The molecule has 4 N–H and O–H groups in total. The number of aliphatic hydroxyl groups is 1. The molecule has 0 bridgehead atoms. The minimum atomic E-state index is -4.50. The van der Waals surface area contributed by atoms with Crippen LogP contribution in [0.3, 0.4) is 0 Å². The van der Waals surface area contributed by atoms with Gasteiger partial charge in [-0.25, -0.2) is 14.0 Å². The maximum atomic E-state index is 13.6. The zero-order chi connectivity index (χ0) is 32.9. The Hall–Kier alpha value is -4.85. The number of benzene rings is 3. The van der Waals surface area contributed by atoms with Gasteiger partial charge in [0.2, 0.25) is 0 Å². The highest BCUT2D eigenvalue weighted by Gasteiger charge is 2.34. The fraction of sp³-hybridized carbons (Fsp3) is 0.323. The van der Waals surface area contributed by atoms with Crippen LogP contribution >= 0.6 is 0 Å². The van der Waals surface area contributed by atoms with Crippen LogP contribution in [0.25, 0.3) is 0 Å². The second kappa shape index (κ2) is 13.8. The number of nitrogens with one attached hydrogen (secondary N) is 3. The lowest BCUT2D eigenvalue weighted by atomic mass is 9.99. The zero-order valence-corrected chi connectivity index (χ0v) is 24.7. The average Bonchev–Trinajstić information content (AvgIpc) is 2.99. The number of halogens is 4. The van der Waals surface area contributed by atoms with Crippen LogP contribution in [-0.4, -0.2) is 71.8 Å². The van der Waals surface area contributed by atoms with Crippen molar-refractivity contribution in [2.75, 3.05) is 42.7 Å². The predicted molar refractivity (Wildman–Crippen MR) is 160 cm³/mol. The van der Waals surface area contributed by atoms with E-state index in [1.54, 1.807) is 6.92 Å². The number of carbonyl (C=O) groups excluding carboxylic acids is 3. The van der Waals surface area contributed by atoms with Crippen molar-refractivity contribution in [1.82, 2.24) is 9.80 Å². The largest absolute Gasteiger partial charge is 0.487 e. The van der Waals surface area contributed by atoms with Gasteiger partial charge in [0.1, 0.15) is 17.7 Å². The molecule has 1 heterocycles. The molecule has 0 fully saturated rings. The van der Waals surface area contributed by atoms with E-state index in [0.717, 1.165) is 24.3 Å². The molecule has 3 aromatic carbocycles. The Balaban J connectivity index is 1.52. The monoisotopic (exact) mass is 631 g/mol. The number of nitrogens with zero attached hydrogens (tertiary/aromatic N) is 2. The number of ether oxygens (including phenoxy) is 1. The number of aliphatic hydroxyl groups excluding tert-OH is 1. The number of rotatable bonds is 7. The van der Waals surface area contributed by atoms with Gasteiger partial charge in [-0.15, -0.1) is 0 Å². The van der Waals surface area contributed by atoms with Gasteiger partial charge in [0, 0.05) is 36.6 Å². The van der Waals surface area contributed by atoms with Crippen molar-refractivity contribution < 1.29 is 41.8 Å². The molecular weight excluding hydrogens is 598 g/mol. The number of anilines is 3. The summed E-state index contributed by atoms with van der Waals surface area (Å²) in [4.78, 5) is 41.9. The molecule has 0 saturated carbocycles. The second-order valence-corrected chi connectivity index (χ2v) is 10.8. The summed E-state index contributed by atoms with van der Waals surface area (Å²) in [6.07, 6.45) is -5.15. The standard InChI is InChI=1S/C31H33F4N5O5/c1-18-15-40(19(2)17-41)28(42)25-14-24(37-29(43)36-22-10-6-21(32)7-11-22)12-13-26(25)45-27(18)16-39(3)30(44)38-23-8-4-20(5-9-23)31(33,34)35/h4-14,18-19,27,41H,15-17H2,1-3H3,(H,38,44)(H2,36,37,43)/t18-,19+,27-/m1/s1. The van der Waals surface area contributed by atoms with Crippen molar-refractivity contribution in [2.24, 2.45) is 5.92 Å². The summed E-state index contributed by atoms with van der Waals surface area (Å²) in [5.41, 5.74) is 0.0655. The van der Waals surface area contributed by atoms with E-state index < -0.39 is 47.7 Å². The molecule has 0 aromatic heterocycles. The first-order chi connectivity index (χ1) is 21.2. The average molecular weight is 632 g/mol. The molecule has 0 saturated heterocycles. The molecule has 1 aliphatic heterocycles. The molecule has 0 spiro atoms. The maximum Gasteiger partial charge on any atom is 0.416 e. The molecule has 3 atom stereocenters. The van der Waals surface area contributed by atoms with Gasteiger partial charge in [0.25, 0.3) is 5.91 Å². The molecule has 4 rings (SSSR count). The van der Waals surface area contributed by atoms with Crippen molar-refractivity contribution in [1.29, 1.82) is 0 Å². The van der Waals surface area contributed by atoms with Crippen molar-refractivity contribution in [3.63, 3.8) is 0 Å². The van der Waals surface area contributed by atoms with Gasteiger partial charge in [0.15, 0.2) is 0 Å². The van der Waals surface area contributed by atoms with E-state index in [9.17, 15) is 37.1 Å². The number of hydrogen-bond donors (Lipinski definition) is 4. The molecular formula is C31H33F4N5O5. The quantitative estimate of drug-likeness (QED) is 0.243. The van der Waals surface area contributed by atoms with Crippen LogP contribution < -0.4 is 20.7 Å². The Morgan fingerprint density at radius 2 is 1.58 bits per heavy atom. The van der Waals surface area contributed by atoms with E-state index in [1.165, 1.54) is 59.3 Å². The fourth-order valence-corrected chi connectivity index (χ4v) is 4.66. The number of amides is 5. The summed E-state index contributed by atoms with van der Waals surface area (Å²) in [6, 6.07) is 11.9. The minimum absolute atomic E-state index is 0.0443. The predicted octanol–water partition coefficient (Wildman–Crippen LogP) is 5.87. The lowest BCUT2D eigenvalue weighted by molar-refractivity contribution is -0.137. The highest BCUT2D eigenvalue weighted by atomic mass is 19.4. The first-order valence-electron chi connectivity index (χ1n) is 14.0. The molecule has 240 valence electrons. The van der Waals surface area contributed by atoms with Gasteiger partial charge in [-0.05, 0) is 73.7 Å². The summed E-state index contributed by atoms with van der Waals surface area (Å²) < 4.78 is 58.1. The number of fused-ring (bicyclic) bond motifs is 1. The van der Waals surface area contributed by atoms with Gasteiger partial charge in [0.05, 0.1) is 30.3 Å². The van der Waals surface area contributed by atoms with Crippen LogP contribution in [0.4, 0.5) is 44.2 Å². The molecule has 45 heavy (non-hydrogen) atoms. The lowest BCUT2D eigenvalue weighted by Crippen LogP contribution is -2.50. The number of likely N-dealkylation sites (N-methyl/N-ethyl adjacent to an activating group) is 1. The molecule has 5 amide bonds. The normalized spacial score (nSPS) is 17.2. The third-order valence-corrected chi connectivity index (χ3v) is 7.29. The van der Waals surface area contributed by atoms with Crippen LogP contribution in [-0.2, 0) is 6.18 Å². The Bertz CT molecular complexity index is 1520. The summed E-state index contributed by atoms with van der Waals surface area (Å²) in [7, 11) is 1.50. The van der Waals surface area contributed by atoms with Crippen molar-refractivity contribution in [3.8, 4) is 5.75 Å². The van der Waals surface area contributed by atoms with Gasteiger partial charge in [-0.3, -0.25) is 4.79 Å². The smallest absolute Gasteiger partial charge is 0.416 e. The third kappa shape index (κ3) is 8.41. The van der Waals surface area contributed by atoms with Crippen LogP contribution in [0.1, 0.15) is 29.8 Å². The Labute approximate surface area is 257 Å². The van der Waals surface area contributed by atoms with Gasteiger partial charge in [-0.1, -0.05) is 6.92 Å². The van der Waals surface area contributed by atoms with E-state index in [2.05, 4.69) is 16.0 Å². The number of carbonyl (C=O) groups is 3. The highest BCUT2D eigenvalue weighted by Crippen LogP contribution is 2.32. The van der Waals surface area contributed by atoms with Crippen LogP contribution in [0.2, 0.25) is 0 Å². The molecule has 0 aliphatic carbocycles. The Morgan fingerprint density at radius 3 is 2.20 bits per heavy atom. The van der Waals surface area contributed by atoms with Gasteiger partial charge in [-0.2, -0.15) is 13.2 Å². The summed E-state index contributed by atoms with van der Waals surface area (Å²) in [6.45, 7) is 3.41. The van der Waals surface area contributed by atoms with E-state index >= 15 is 0 Å². The molecule has 14 heteroatoms. The first kappa shape index (κ1) is 33.1. The number of urea groups is 2. The van der Waals surface area contributed by atoms with E-state index in [-0.39, 0.29) is 48.3 Å². The van der Waals surface area contributed by atoms with Crippen molar-refractivity contribution >= 4 is 35.0 Å². The number of alkyl halides is 3. The molecule has 10 nitrogen and oxygen atoms in total. The van der Waals surface area contributed by atoms with Crippen molar-refractivity contribution in [3.05, 3.63) is 83.7 Å². The highest BCUT2D eigenvalue weighted by molar-refractivity contribution is 6.02. The Kier molecular flexibility index (Phi) is 10.2. The summed E-state index contributed by atoms with van der Waals surface area (Å²) in [5, 5.41) is 17.6. The molecule has 1 aliphatic rings. The Morgan fingerprint density at radius 1 is 1.00 bits per heavy atom. The van der Waals surface area contributed by atoms with E-state index in [0.29, 0.717) is 5.69 Å². The summed E-state index contributed by atoms with van der Waals surface area (Å²) >= 11 is 0. The molecule has 0 radical (unpaired) electrons. The third-order valence-electron chi connectivity index (χ3n) is 7.29. The van der Waals surface area contributed by atoms with Crippen molar-refractivity contribution in [2.45, 2.75) is 32.2 Å². The maximum absolute atomic E-state index is 13.6. The zero-order valence-electron chi connectivity index (χ0n) is 24.7. The minimum Gasteiger partial charge on any atom is -0.487 e. The SMILES string of the molecule is C[C@@H]1CN([C@@H](C)CO)C(=O)c2cc(NC(=O)Nc3ccc(F)cc3)ccc2O[C@@H]1CN(C)C(=O)Nc1ccc(C(F)(F)F)cc1. The second-order valence-electron chi connectivity index (χ2n) is 10.8. The van der Waals surface area contributed by atoms with Gasteiger partial charge < -0.3 is 35.6 Å². The van der Waals surface area contributed by atoms with E-state index in [4.69, 9.17) is 4.74 Å². The molecule has 0 unspecified atom stereocenters. The summed E-state index contributed by atoms with van der Waals surface area (Å²) in [5.74, 6) is -1.03. The van der Waals surface area contributed by atoms with Crippen LogP contribution in [0.15, 0.2) is 66.7 Å². The fourth-order valence-electron chi connectivity index (χ4n) is 4.66. The van der Waals surface area contributed by atoms with E-state index in [1.807, 2.05) is 6.92 Å². The first-order valence-corrected chi connectivity index (χ1v) is 14.0. The number of hydrogen-bond acceptors (Lipinski definition) is 5. The lowest BCUT2D eigenvalue weighted by Gasteiger charge is -2.38.